The molecule has 2 heteroatoms. The van der Waals surface area contributed by atoms with Crippen molar-refractivity contribution in [2.45, 2.75) is 32.6 Å². The van der Waals surface area contributed by atoms with Gasteiger partial charge in [-0.1, -0.05) is 62.7 Å². The van der Waals surface area contributed by atoms with Crippen LogP contribution < -0.4 is 9.64 Å². The second-order valence-corrected chi connectivity index (χ2v) is 6.68. The van der Waals surface area contributed by atoms with Crippen LogP contribution in [0.4, 0.5) is 11.4 Å². The molecule has 0 radical (unpaired) electrons. The Hall–Kier alpha value is -2.48. The highest BCUT2D eigenvalue weighted by Crippen LogP contribution is 2.51. The van der Waals surface area contributed by atoms with Crippen LogP contribution >= 0.6 is 0 Å². The van der Waals surface area contributed by atoms with Gasteiger partial charge in [-0.05, 0) is 35.4 Å². The molecular weight excluding hydrogens is 294 g/mol. The average molecular weight is 317 g/mol. The minimum Gasteiger partial charge on any atom is -0.452 e. The van der Waals surface area contributed by atoms with Crippen LogP contribution in [0.2, 0.25) is 0 Å². The Labute approximate surface area is 143 Å². The van der Waals surface area contributed by atoms with Crippen LogP contribution in [0.15, 0.2) is 54.6 Å². The zero-order valence-corrected chi connectivity index (χ0v) is 14.5. The van der Waals surface area contributed by atoms with E-state index >= 15 is 0 Å². The third-order valence-corrected chi connectivity index (χ3v) is 5.06. The Kier molecular flexibility index (Phi) is 3.68. The Bertz CT molecular complexity index is 900. The van der Waals surface area contributed by atoms with Crippen LogP contribution in [0.25, 0.3) is 10.8 Å². The zero-order valence-electron chi connectivity index (χ0n) is 14.5. The third-order valence-electron chi connectivity index (χ3n) is 5.06. The molecular formula is C22H23NO. The van der Waals surface area contributed by atoms with Crippen LogP contribution in [0, 0.1) is 0 Å². The van der Waals surface area contributed by atoms with Crippen molar-refractivity contribution in [2.24, 2.45) is 0 Å². The topological polar surface area (TPSA) is 12.5 Å². The Morgan fingerprint density at radius 3 is 2.54 bits per heavy atom. The molecule has 2 nitrogen and oxygen atoms in total. The van der Waals surface area contributed by atoms with Gasteiger partial charge in [-0.15, -0.1) is 0 Å². The smallest absolute Gasteiger partial charge is 0.158 e. The Morgan fingerprint density at radius 1 is 0.917 bits per heavy atom. The predicted molar refractivity (Wildman–Crippen MR) is 102 cm³/mol. The van der Waals surface area contributed by atoms with Gasteiger partial charge in [0.25, 0.3) is 0 Å². The minimum atomic E-state index is 0.495. The van der Waals surface area contributed by atoms with Crippen molar-refractivity contribution in [3.05, 3.63) is 60.2 Å². The van der Waals surface area contributed by atoms with E-state index in [9.17, 15) is 0 Å². The van der Waals surface area contributed by atoms with E-state index < -0.39 is 0 Å². The maximum absolute atomic E-state index is 6.52. The number of anilines is 2. The second-order valence-electron chi connectivity index (χ2n) is 6.68. The summed E-state index contributed by atoms with van der Waals surface area (Å²) >= 11 is 0. The van der Waals surface area contributed by atoms with Gasteiger partial charge >= 0.3 is 0 Å². The molecule has 0 aromatic heterocycles. The van der Waals surface area contributed by atoms with E-state index in [2.05, 4.69) is 80.4 Å². The molecule has 0 saturated carbocycles. The van der Waals surface area contributed by atoms with E-state index in [1.807, 2.05) is 0 Å². The SMILES string of the molecule is CCCC(C)c1cccc2c1Oc1c(ccc3ccccc13)N2C. The summed E-state index contributed by atoms with van der Waals surface area (Å²) in [5.74, 6) is 2.49. The summed E-state index contributed by atoms with van der Waals surface area (Å²) in [6.45, 7) is 4.53. The first kappa shape index (κ1) is 15.1. The molecule has 0 bridgehead atoms. The molecule has 0 spiro atoms. The van der Waals surface area contributed by atoms with Gasteiger partial charge in [0.1, 0.15) is 0 Å². The molecule has 122 valence electrons. The van der Waals surface area contributed by atoms with E-state index in [-0.39, 0.29) is 0 Å². The lowest BCUT2D eigenvalue weighted by molar-refractivity contribution is 0.467. The number of nitrogens with zero attached hydrogens (tertiary/aromatic N) is 1. The van der Waals surface area contributed by atoms with E-state index in [1.54, 1.807) is 0 Å². The highest BCUT2D eigenvalue weighted by Gasteiger charge is 2.26. The molecule has 0 aliphatic carbocycles. The molecule has 1 aliphatic heterocycles. The lowest BCUT2D eigenvalue weighted by Crippen LogP contribution is -2.17. The average Bonchev–Trinajstić information content (AvgIpc) is 2.61. The summed E-state index contributed by atoms with van der Waals surface area (Å²) in [7, 11) is 2.13. The highest BCUT2D eigenvalue weighted by molar-refractivity contribution is 5.97. The summed E-state index contributed by atoms with van der Waals surface area (Å²) in [6, 6.07) is 19.3. The van der Waals surface area contributed by atoms with Gasteiger partial charge in [0.2, 0.25) is 0 Å². The van der Waals surface area contributed by atoms with Gasteiger partial charge in [-0.2, -0.15) is 0 Å². The first-order valence-electron chi connectivity index (χ1n) is 8.77. The number of benzene rings is 3. The van der Waals surface area contributed by atoms with Crippen LogP contribution in [0.5, 0.6) is 11.5 Å². The molecule has 1 aliphatic rings. The summed E-state index contributed by atoms with van der Waals surface area (Å²) in [4.78, 5) is 2.25. The molecule has 0 saturated heterocycles. The fraction of sp³-hybridized carbons (Fsp3) is 0.273. The molecule has 0 N–H and O–H groups in total. The van der Waals surface area contributed by atoms with E-state index in [4.69, 9.17) is 4.74 Å². The number of ether oxygens (including phenoxy) is 1. The van der Waals surface area contributed by atoms with E-state index in [0.29, 0.717) is 5.92 Å². The number of hydrogen-bond donors (Lipinski definition) is 0. The maximum atomic E-state index is 6.52. The van der Waals surface area contributed by atoms with Crippen LogP contribution in [-0.2, 0) is 0 Å². The number of fused-ring (bicyclic) bond motifs is 4. The van der Waals surface area contributed by atoms with Crippen molar-refractivity contribution < 1.29 is 4.74 Å². The van der Waals surface area contributed by atoms with Crippen molar-refractivity contribution in [3.8, 4) is 11.5 Å². The molecule has 1 atom stereocenters. The lowest BCUT2D eigenvalue weighted by Gasteiger charge is -2.32. The molecule has 24 heavy (non-hydrogen) atoms. The molecule has 1 heterocycles. The molecule has 4 rings (SSSR count). The number of hydrogen-bond acceptors (Lipinski definition) is 2. The first-order valence-corrected chi connectivity index (χ1v) is 8.77. The first-order chi connectivity index (χ1) is 11.7. The van der Waals surface area contributed by atoms with Crippen molar-refractivity contribution in [3.63, 3.8) is 0 Å². The minimum absolute atomic E-state index is 0.495. The Balaban J connectivity index is 1.90. The van der Waals surface area contributed by atoms with Crippen molar-refractivity contribution >= 4 is 22.1 Å². The van der Waals surface area contributed by atoms with Gasteiger partial charge in [-0.25, -0.2) is 0 Å². The van der Waals surface area contributed by atoms with Gasteiger partial charge in [0, 0.05) is 12.4 Å². The zero-order chi connectivity index (χ0) is 16.7. The standard InChI is InChI=1S/C22H23NO/c1-4-8-15(2)17-11-7-12-19-21(17)24-22-18-10-6-5-9-16(18)13-14-20(22)23(19)3/h5-7,9-15H,4,8H2,1-3H3. The van der Waals surface area contributed by atoms with Gasteiger partial charge in [-0.3, -0.25) is 0 Å². The van der Waals surface area contributed by atoms with Crippen LogP contribution in [-0.4, -0.2) is 7.05 Å². The van der Waals surface area contributed by atoms with Gasteiger partial charge in [0.15, 0.2) is 11.5 Å². The lowest BCUT2D eigenvalue weighted by atomic mass is 9.94. The summed E-state index contributed by atoms with van der Waals surface area (Å²) < 4.78 is 6.52. The van der Waals surface area contributed by atoms with Gasteiger partial charge < -0.3 is 9.64 Å². The summed E-state index contributed by atoms with van der Waals surface area (Å²) in [6.07, 6.45) is 2.35. The van der Waals surface area contributed by atoms with Crippen LogP contribution in [0.1, 0.15) is 38.2 Å². The van der Waals surface area contributed by atoms with Gasteiger partial charge in [0.05, 0.1) is 11.4 Å². The van der Waals surface area contributed by atoms with Crippen LogP contribution in [0.3, 0.4) is 0 Å². The van der Waals surface area contributed by atoms with Crippen molar-refractivity contribution in [2.75, 3.05) is 11.9 Å². The molecule has 0 amide bonds. The highest BCUT2D eigenvalue weighted by atomic mass is 16.5. The second kappa shape index (κ2) is 5.86. The third kappa shape index (κ3) is 2.25. The fourth-order valence-electron chi connectivity index (χ4n) is 3.73. The summed E-state index contributed by atoms with van der Waals surface area (Å²) in [5, 5.41) is 2.39. The monoisotopic (exact) mass is 317 g/mol. The van der Waals surface area contributed by atoms with Crippen molar-refractivity contribution in [1.82, 2.24) is 0 Å². The molecule has 3 aromatic rings. The van der Waals surface area contributed by atoms with E-state index in [0.717, 1.165) is 22.9 Å². The molecule has 0 fully saturated rings. The maximum Gasteiger partial charge on any atom is 0.158 e. The van der Waals surface area contributed by atoms with Crippen molar-refractivity contribution in [1.29, 1.82) is 0 Å². The molecule has 1 unspecified atom stereocenters. The quantitative estimate of drug-likeness (QED) is 0.538. The predicted octanol–water partition coefficient (Wildman–Crippen LogP) is 6.62. The fourth-order valence-corrected chi connectivity index (χ4v) is 3.73. The largest absolute Gasteiger partial charge is 0.452 e. The number of para-hydroxylation sites is 1. The number of rotatable bonds is 3. The van der Waals surface area contributed by atoms with E-state index in [1.165, 1.54) is 29.2 Å². The Morgan fingerprint density at radius 2 is 1.71 bits per heavy atom. The summed E-state index contributed by atoms with van der Waals surface area (Å²) in [5.41, 5.74) is 3.58. The molecule has 3 aromatic carbocycles. The normalized spacial score (nSPS) is 14.0.